The van der Waals surface area contributed by atoms with Crippen molar-refractivity contribution >= 4 is 10.1 Å². The van der Waals surface area contributed by atoms with Gasteiger partial charge >= 0.3 is 0 Å². The molecular formula is C9H17NO3S. The van der Waals surface area contributed by atoms with Gasteiger partial charge in [0.15, 0.2) is 0 Å². The Morgan fingerprint density at radius 1 is 1.36 bits per heavy atom. The first-order valence-corrected chi connectivity index (χ1v) is 6.69. The highest BCUT2D eigenvalue weighted by Crippen LogP contribution is 2.49. The maximum absolute atomic E-state index is 10.8. The zero-order valence-electron chi connectivity index (χ0n) is 8.09. The topological polar surface area (TPSA) is 80.4 Å². The minimum Gasteiger partial charge on any atom is -0.313 e. The van der Waals surface area contributed by atoms with Gasteiger partial charge in [-0.2, -0.15) is 8.42 Å². The molecular weight excluding hydrogens is 202 g/mol. The van der Waals surface area contributed by atoms with Crippen molar-refractivity contribution in [1.29, 1.82) is 0 Å². The second-order valence-corrected chi connectivity index (χ2v) is 6.36. The van der Waals surface area contributed by atoms with Crippen LogP contribution in [0.1, 0.15) is 32.1 Å². The van der Waals surface area contributed by atoms with Gasteiger partial charge in [0.05, 0.1) is 0 Å². The summed E-state index contributed by atoms with van der Waals surface area (Å²) < 4.78 is 30.3. The van der Waals surface area contributed by atoms with Gasteiger partial charge < -0.3 is 5.73 Å². The van der Waals surface area contributed by atoms with E-state index < -0.39 is 15.5 Å². The number of hydrogen-bond acceptors (Lipinski definition) is 3. The molecule has 0 aromatic rings. The molecule has 4 nitrogen and oxygen atoms in total. The van der Waals surface area contributed by atoms with Crippen molar-refractivity contribution in [3.8, 4) is 0 Å². The Hall–Kier alpha value is -0.130. The molecule has 2 saturated carbocycles. The molecule has 5 heteroatoms. The van der Waals surface area contributed by atoms with Crippen LogP contribution < -0.4 is 5.73 Å². The zero-order valence-corrected chi connectivity index (χ0v) is 8.91. The van der Waals surface area contributed by atoms with Crippen LogP contribution in [-0.4, -0.2) is 18.3 Å². The summed E-state index contributed by atoms with van der Waals surface area (Å²) in [5, 5.41) is -1.08. The molecule has 0 aromatic heterocycles. The van der Waals surface area contributed by atoms with Crippen LogP contribution in [0.3, 0.4) is 0 Å². The average molecular weight is 219 g/mol. The Morgan fingerprint density at radius 3 is 2.50 bits per heavy atom. The van der Waals surface area contributed by atoms with Crippen molar-refractivity contribution < 1.29 is 13.0 Å². The smallest absolute Gasteiger partial charge is 0.280 e. The quantitative estimate of drug-likeness (QED) is 0.693. The fourth-order valence-electron chi connectivity index (χ4n) is 3.09. The Morgan fingerprint density at radius 2 is 2.07 bits per heavy atom. The maximum atomic E-state index is 10.8. The first-order valence-electron chi connectivity index (χ1n) is 5.18. The third-order valence-electron chi connectivity index (χ3n) is 3.80. The van der Waals surface area contributed by atoms with Crippen molar-refractivity contribution in [3.63, 3.8) is 0 Å². The molecule has 0 radical (unpaired) electrons. The summed E-state index contributed by atoms with van der Waals surface area (Å²) in [5.74, 6) is 1.87. The van der Waals surface area contributed by atoms with Gasteiger partial charge in [0.2, 0.25) is 0 Å². The molecule has 2 bridgehead atoms. The van der Waals surface area contributed by atoms with Crippen molar-refractivity contribution in [2.45, 2.75) is 37.5 Å². The Labute approximate surface area is 84.6 Å². The minimum atomic E-state index is -4.03. The maximum Gasteiger partial charge on any atom is 0.280 e. The van der Waals surface area contributed by atoms with Gasteiger partial charge in [-0.1, -0.05) is 6.42 Å². The molecule has 0 spiro atoms. The van der Waals surface area contributed by atoms with Crippen molar-refractivity contribution in [1.82, 2.24) is 0 Å². The standard InChI is InChI=1S/C9H17NO3S/c10-9(14(11,12)13)5-8-4-6-1-2-7(8)3-6/h6-9H,1-5,10H2,(H,11,12,13). The van der Waals surface area contributed by atoms with Gasteiger partial charge in [-0.15, -0.1) is 0 Å². The van der Waals surface area contributed by atoms with E-state index in [1.165, 1.54) is 19.3 Å². The van der Waals surface area contributed by atoms with Gasteiger partial charge in [-0.05, 0) is 43.4 Å². The molecule has 3 N–H and O–H groups in total. The van der Waals surface area contributed by atoms with E-state index in [1.54, 1.807) is 0 Å². The van der Waals surface area contributed by atoms with Gasteiger partial charge in [0.25, 0.3) is 10.1 Å². The Kier molecular flexibility index (Phi) is 2.57. The highest BCUT2D eigenvalue weighted by molar-refractivity contribution is 7.86. The fraction of sp³-hybridized carbons (Fsp3) is 1.00. The first kappa shape index (κ1) is 10.4. The number of rotatable bonds is 3. The lowest BCUT2D eigenvalue weighted by molar-refractivity contribution is 0.306. The lowest BCUT2D eigenvalue weighted by Crippen LogP contribution is -2.33. The van der Waals surface area contributed by atoms with Gasteiger partial charge in [0.1, 0.15) is 5.37 Å². The fourth-order valence-corrected chi connectivity index (χ4v) is 3.58. The molecule has 2 fully saturated rings. The SMILES string of the molecule is NC(CC1CC2CCC1C2)S(=O)(=O)O. The molecule has 14 heavy (non-hydrogen) atoms. The molecule has 4 unspecified atom stereocenters. The van der Waals surface area contributed by atoms with Crippen LogP contribution in [0.25, 0.3) is 0 Å². The normalized spacial score (nSPS) is 38.9. The predicted molar refractivity (Wildman–Crippen MR) is 53.1 cm³/mol. The molecule has 0 aromatic carbocycles. The Bertz CT molecular complexity index is 314. The highest BCUT2D eigenvalue weighted by Gasteiger charge is 2.41. The van der Waals surface area contributed by atoms with E-state index in [2.05, 4.69) is 0 Å². The molecule has 2 aliphatic rings. The van der Waals surface area contributed by atoms with Crippen molar-refractivity contribution in [3.05, 3.63) is 0 Å². The second kappa shape index (κ2) is 3.47. The summed E-state index contributed by atoms with van der Waals surface area (Å²) in [7, 11) is -4.03. The number of hydrogen-bond donors (Lipinski definition) is 2. The third kappa shape index (κ3) is 1.94. The van der Waals surface area contributed by atoms with Gasteiger partial charge in [0, 0.05) is 0 Å². The molecule has 0 amide bonds. The van der Waals surface area contributed by atoms with E-state index in [-0.39, 0.29) is 0 Å². The van der Waals surface area contributed by atoms with E-state index in [0.717, 1.165) is 12.3 Å². The highest BCUT2D eigenvalue weighted by atomic mass is 32.2. The molecule has 0 aliphatic heterocycles. The van der Waals surface area contributed by atoms with Crippen LogP contribution in [0, 0.1) is 17.8 Å². The van der Waals surface area contributed by atoms with Gasteiger partial charge in [-0.25, -0.2) is 0 Å². The van der Waals surface area contributed by atoms with Crippen LogP contribution in [-0.2, 0) is 10.1 Å². The van der Waals surface area contributed by atoms with E-state index >= 15 is 0 Å². The van der Waals surface area contributed by atoms with Gasteiger partial charge in [-0.3, -0.25) is 4.55 Å². The van der Waals surface area contributed by atoms with Crippen LogP contribution in [0.4, 0.5) is 0 Å². The monoisotopic (exact) mass is 219 g/mol. The van der Waals surface area contributed by atoms with Crippen LogP contribution >= 0.6 is 0 Å². The summed E-state index contributed by atoms with van der Waals surface area (Å²) in [4.78, 5) is 0. The summed E-state index contributed by atoms with van der Waals surface area (Å²) in [6, 6.07) is 0. The lowest BCUT2D eigenvalue weighted by atomic mass is 9.86. The van der Waals surface area contributed by atoms with Crippen molar-refractivity contribution in [2.75, 3.05) is 0 Å². The first-order chi connectivity index (χ1) is 6.47. The van der Waals surface area contributed by atoms with E-state index in [0.29, 0.717) is 18.3 Å². The summed E-state index contributed by atoms with van der Waals surface area (Å²) in [6.45, 7) is 0. The van der Waals surface area contributed by atoms with E-state index in [9.17, 15) is 8.42 Å². The summed E-state index contributed by atoms with van der Waals surface area (Å²) in [5.41, 5.74) is 5.42. The molecule has 82 valence electrons. The van der Waals surface area contributed by atoms with Crippen LogP contribution in [0.15, 0.2) is 0 Å². The summed E-state index contributed by atoms with van der Waals surface area (Å²) in [6.07, 6.45) is 5.28. The molecule has 0 heterocycles. The Balaban J connectivity index is 1.93. The molecule has 2 rings (SSSR count). The molecule has 2 aliphatic carbocycles. The van der Waals surface area contributed by atoms with E-state index in [1.807, 2.05) is 0 Å². The van der Waals surface area contributed by atoms with Crippen LogP contribution in [0.2, 0.25) is 0 Å². The largest absolute Gasteiger partial charge is 0.313 e. The minimum absolute atomic E-state index is 0.422. The molecule has 0 saturated heterocycles. The van der Waals surface area contributed by atoms with Crippen molar-refractivity contribution in [2.24, 2.45) is 23.5 Å². The second-order valence-electron chi connectivity index (χ2n) is 4.72. The number of nitrogens with two attached hydrogens (primary N) is 1. The van der Waals surface area contributed by atoms with E-state index in [4.69, 9.17) is 10.3 Å². The summed E-state index contributed by atoms with van der Waals surface area (Å²) >= 11 is 0. The third-order valence-corrected chi connectivity index (χ3v) is 4.76. The zero-order chi connectivity index (χ0) is 10.3. The predicted octanol–water partition coefficient (Wildman–Crippen LogP) is 0.985. The van der Waals surface area contributed by atoms with Crippen LogP contribution in [0.5, 0.6) is 0 Å². The molecule has 4 atom stereocenters. The average Bonchev–Trinajstić information content (AvgIpc) is 2.62. The number of fused-ring (bicyclic) bond motifs is 2. The lowest BCUT2D eigenvalue weighted by Gasteiger charge is -2.23.